The molecule has 1 aromatic rings. The first kappa shape index (κ1) is 16.2. The number of para-hydroxylation sites is 1. The lowest BCUT2D eigenvalue weighted by Crippen LogP contribution is -2.24. The summed E-state index contributed by atoms with van der Waals surface area (Å²) in [4.78, 5) is 0. The highest BCUT2D eigenvalue weighted by molar-refractivity contribution is 6.63. The second-order valence-corrected chi connectivity index (χ2v) is 10.8. The highest BCUT2D eigenvalue weighted by Crippen LogP contribution is 2.28. The molecule has 0 saturated heterocycles. The first-order valence-electron chi connectivity index (χ1n) is 6.60. The molecule has 17 heavy (non-hydrogen) atoms. The van der Waals surface area contributed by atoms with Gasteiger partial charge in [-0.05, 0) is 12.1 Å². The molecule has 2 heteroatoms. The molecule has 0 heterocycles. The number of hydrogen-bond acceptors (Lipinski definition) is 1. The van der Waals surface area contributed by atoms with E-state index in [0.29, 0.717) is 5.75 Å². The van der Waals surface area contributed by atoms with E-state index in [0.717, 1.165) is 16.6 Å². The van der Waals surface area contributed by atoms with Crippen LogP contribution in [-0.2, 0) is 0 Å². The SMILES string of the molecule is CC(C)[SiH](C(C)C)C(C)C.Oc1ccccc1. The van der Waals surface area contributed by atoms with Crippen molar-refractivity contribution in [2.75, 3.05) is 0 Å². The van der Waals surface area contributed by atoms with E-state index in [4.69, 9.17) is 5.11 Å². The highest BCUT2D eigenvalue weighted by atomic mass is 28.3. The summed E-state index contributed by atoms with van der Waals surface area (Å²) < 4.78 is 0. The Kier molecular flexibility index (Phi) is 7.97. The molecule has 0 aromatic heterocycles. The van der Waals surface area contributed by atoms with Gasteiger partial charge in [0.05, 0.1) is 0 Å². The van der Waals surface area contributed by atoms with E-state index >= 15 is 0 Å². The van der Waals surface area contributed by atoms with E-state index in [1.165, 1.54) is 0 Å². The minimum atomic E-state index is -0.454. The molecule has 0 amide bonds. The Labute approximate surface area is 108 Å². The first-order chi connectivity index (χ1) is 7.86. The topological polar surface area (TPSA) is 20.2 Å². The van der Waals surface area contributed by atoms with E-state index in [9.17, 15) is 0 Å². The van der Waals surface area contributed by atoms with Gasteiger partial charge in [-0.3, -0.25) is 0 Å². The van der Waals surface area contributed by atoms with Crippen molar-refractivity contribution < 1.29 is 5.11 Å². The van der Waals surface area contributed by atoms with Gasteiger partial charge >= 0.3 is 0 Å². The highest BCUT2D eigenvalue weighted by Gasteiger charge is 2.22. The van der Waals surface area contributed by atoms with Crippen LogP contribution in [-0.4, -0.2) is 13.9 Å². The molecule has 0 radical (unpaired) electrons. The summed E-state index contributed by atoms with van der Waals surface area (Å²) in [6.07, 6.45) is 0. The van der Waals surface area contributed by atoms with Gasteiger partial charge in [0.15, 0.2) is 0 Å². The normalized spacial score (nSPS) is 10.9. The molecular weight excluding hydrogens is 224 g/mol. The summed E-state index contributed by atoms with van der Waals surface area (Å²) in [6, 6.07) is 8.71. The number of benzene rings is 1. The Morgan fingerprint density at radius 1 is 0.765 bits per heavy atom. The zero-order valence-corrected chi connectivity index (χ0v) is 13.3. The molecule has 0 aliphatic rings. The van der Waals surface area contributed by atoms with E-state index < -0.39 is 8.80 Å². The second-order valence-electron chi connectivity index (χ2n) is 5.64. The molecule has 1 N–H and O–H groups in total. The molecule has 0 aliphatic heterocycles. The van der Waals surface area contributed by atoms with Crippen LogP contribution in [0.4, 0.5) is 0 Å². The average molecular weight is 252 g/mol. The van der Waals surface area contributed by atoms with Crippen molar-refractivity contribution in [3.63, 3.8) is 0 Å². The van der Waals surface area contributed by atoms with Gasteiger partial charge in [-0.15, -0.1) is 0 Å². The van der Waals surface area contributed by atoms with Crippen LogP contribution in [0.2, 0.25) is 16.6 Å². The third-order valence-electron chi connectivity index (χ3n) is 3.07. The Balaban J connectivity index is 0.000000318. The third kappa shape index (κ3) is 7.21. The van der Waals surface area contributed by atoms with Crippen LogP contribution >= 0.6 is 0 Å². The van der Waals surface area contributed by atoms with Crippen LogP contribution in [0.15, 0.2) is 30.3 Å². The lowest BCUT2D eigenvalue weighted by molar-refractivity contribution is 0.475. The van der Waals surface area contributed by atoms with Crippen molar-refractivity contribution in [2.24, 2.45) is 0 Å². The molecule has 1 aromatic carbocycles. The van der Waals surface area contributed by atoms with Crippen molar-refractivity contribution in [1.29, 1.82) is 0 Å². The smallest absolute Gasteiger partial charge is 0.115 e. The zero-order valence-electron chi connectivity index (χ0n) is 12.1. The van der Waals surface area contributed by atoms with Crippen LogP contribution in [0.1, 0.15) is 41.5 Å². The number of aromatic hydroxyl groups is 1. The van der Waals surface area contributed by atoms with Gasteiger partial charge in [-0.25, -0.2) is 0 Å². The minimum Gasteiger partial charge on any atom is -0.508 e. The lowest BCUT2D eigenvalue weighted by Gasteiger charge is -2.26. The van der Waals surface area contributed by atoms with E-state index in [-0.39, 0.29) is 0 Å². The number of phenols is 1. The zero-order chi connectivity index (χ0) is 13.4. The molecule has 0 bridgehead atoms. The molecule has 1 rings (SSSR count). The van der Waals surface area contributed by atoms with Crippen LogP contribution < -0.4 is 0 Å². The predicted octanol–water partition coefficient (Wildman–Crippen LogP) is 4.84. The van der Waals surface area contributed by atoms with Gasteiger partial charge in [0, 0.05) is 8.80 Å². The van der Waals surface area contributed by atoms with Crippen molar-refractivity contribution >= 4 is 8.80 Å². The molecule has 0 saturated carbocycles. The number of hydrogen-bond donors (Lipinski definition) is 1. The van der Waals surface area contributed by atoms with Crippen molar-refractivity contribution in [3.8, 4) is 5.75 Å². The van der Waals surface area contributed by atoms with Crippen molar-refractivity contribution in [3.05, 3.63) is 30.3 Å². The van der Waals surface area contributed by atoms with Gasteiger partial charge in [-0.2, -0.15) is 0 Å². The van der Waals surface area contributed by atoms with Gasteiger partial charge < -0.3 is 5.11 Å². The summed E-state index contributed by atoms with van der Waals surface area (Å²) >= 11 is 0. The molecule has 98 valence electrons. The van der Waals surface area contributed by atoms with Crippen LogP contribution in [0.3, 0.4) is 0 Å². The van der Waals surface area contributed by atoms with Gasteiger partial charge in [0.2, 0.25) is 0 Å². The Morgan fingerprint density at radius 2 is 1.12 bits per heavy atom. The lowest BCUT2D eigenvalue weighted by atomic mass is 10.3. The van der Waals surface area contributed by atoms with Crippen molar-refractivity contribution in [2.45, 2.75) is 58.2 Å². The monoisotopic (exact) mass is 252 g/mol. The van der Waals surface area contributed by atoms with Crippen LogP contribution in [0.25, 0.3) is 0 Å². The molecule has 0 fully saturated rings. The average Bonchev–Trinajstić information content (AvgIpc) is 2.17. The fourth-order valence-corrected chi connectivity index (χ4v) is 7.36. The summed E-state index contributed by atoms with van der Waals surface area (Å²) in [7, 11) is -0.454. The number of phenolic OH excluding ortho intramolecular Hbond substituents is 1. The predicted molar refractivity (Wildman–Crippen MR) is 80.5 cm³/mol. The fraction of sp³-hybridized carbons (Fsp3) is 0.600. The summed E-state index contributed by atoms with van der Waals surface area (Å²) in [5.41, 5.74) is 2.92. The van der Waals surface area contributed by atoms with Crippen molar-refractivity contribution in [1.82, 2.24) is 0 Å². The Morgan fingerprint density at radius 3 is 1.24 bits per heavy atom. The Bertz CT molecular complexity index is 261. The maximum absolute atomic E-state index is 8.63. The maximum Gasteiger partial charge on any atom is 0.115 e. The quantitative estimate of drug-likeness (QED) is 0.764. The minimum absolute atomic E-state index is 0.322. The second kappa shape index (κ2) is 8.35. The van der Waals surface area contributed by atoms with Gasteiger partial charge in [-0.1, -0.05) is 76.4 Å². The first-order valence-corrected chi connectivity index (χ1v) is 8.60. The fourth-order valence-electron chi connectivity index (χ4n) is 2.74. The molecule has 0 spiro atoms. The molecule has 1 nitrogen and oxygen atoms in total. The number of rotatable bonds is 3. The summed E-state index contributed by atoms with van der Waals surface area (Å²) in [5.74, 6) is 0.322. The Hall–Kier alpha value is -0.763. The van der Waals surface area contributed by atoms with Gasteiger partial charge in [0.1, 0.15) is 5.75 Å². The van der Waals surface area contributed by atoms with E-state index in [2.05, 4.69) is 41.5 Å². The molecule has 0 unspecified atom stereocenters. The molecule has 0 aliphatic carbocycles. The summed E-state index contributed by atoms with van der Waals surface area (Å²) in [5, 5.41) is 8.63. The van der Waals surface area contributed by atoms with Crippen LogP contribution in [0.5, 0.6) is 5.75 Å². The standard InChI is InChI=1S/C9H22Si.C6H6O/c1-7(2)10(8(3)4)9(5)6;7-6-4-2-1-3-5-6/h7-10H,1-6H3;1-5,7H. The third-order valence-corrected chi connectivity index (χ3v) is 7.68. The van der Waals surface area contributed by atoms with E-state index in [1.54, 1.807) is 24.3 Å². The van der Waals surface area contributed by atoms with E-state index in [1.807, 2.05) is 6.07 Å². The largest absolute Gasteiger partial charge is 0.508 e. The maximum atomic E-state index is 8.63. The van der Waals surface area contributed by atoms with Crippen LogP contribution in [0, 0.1) is 0 Å². The summed E-state index contributed by atoms with van der Waals surface area (Å²) in [6.45, 7) is 14.3. The molecular formula is C15H28OSi. The molecule has 0 atom stereocenters. The van der Waals surface area contributed by atoms with Gasteiger partial charge in [0.25, 0.3) is 0 Å².